The fraction of sp³-hybridized carbons (Fsp3) is 0.500. The van der Waals surface area contributed by atoms with Gasteiger partial charge in [-0.2, -0.15) is 0 Å². The highest BCUT2D eigenvalue weighted by Gasteiger charge is 1.97. The molecule has 2 nitrogen and oxygen atoms in total. The molecule has 0 radical (unpaired) electrons. The van der Waals surface area contributed by atoms with E-state index in [1.165, 1.54) is 5.57 Å². The quantitative estimate of drug-likeness (QED) is 0.641. The molecule has 0 saturated carbocycles. The third kappa shape index (κ3) is 5.71. The first-order valence-corrected chi connectivity index (χ1v) is 4.20. The Hall–Kier alpha value is -1.05. The number of carboxylic acids is 1. The lowest BCUT2D eigenvalue weighted by Gasteiger charge is -1.98. The molecule has 0 aromatic rings. The summed E-state index contributed by atoms with van der Waals surface area (Å²) in [6.07, 6.45) is 7.83. The molecular formula is C10H16O2. The van der Waals surface area contributed by atoms with Gasteiger partial charge in [0.15, 0.2) is 0 Å². The first-order chi connectivity index (χ1) is 5.70. The molecule has 1 N–H and O–H groups in total. The van der Waals surface area contributed by atoms with Crippen LogP contribution >= 0.6 is 0 Å². The zero-order valence-electron chi connectivity index (χ0n) is 7.71. The first-order valence-electron chi connectivity index (χ1n) is 4.20. The summed E-state index contributed by atoms with van der Waals surface area (Å²) < 4.78 is 0. The fourth-order valence-corrected chi connectivity index (χ4v) is 0.982. The normalized spacial score (nSPS) is 12.3. The van der Waals surface area contributed by atoms with Crippen molar-refractivity contribution in [1.29, 1.82) is 0 Å². The Bertz CT molecular complexity index is 190. The van der Waals surface area contributed by atoms with Crippen molar-refractivity contribution in [3.8, 4) is 0 Å². The predicted octanol–water partition coefficient (Wildman–Crippen LogP) is 2.76. The molecule has 0 aliphatic rings. The van der Waals surface area contributed by atoms with Crippen molar-refractivity contribution in [3.05, 3.63) is 23.8 Å². The Labute approximate surface area is 73.6 Å². The van der Waals surface area contributed by atoms with Crippen LogP contribution in [0, 0.1) is 0 Å². The van der Waals surface area contributed by atoms with Crippen LogP contribution in [0.5, 0.6) is 0 Å². The van der Waals surface area contributed by atoms with Crippen molar-refractivity contribution in [3.63, 3.8) is 0 Å². The minimum absolute atomic E-state index is 0.259. The van der Waals surface area contributed by atoms with Crippen molar-refractivity contribution < 1.29 is 9.90 Å². The van der Waals surface area contributed by atoms with E-state index < -0.39 is 5.97 Å². The maximum absolute atomic E-state index is 10.2. The second-order valence-electron chi connectivity index (χ2n) is 2.61. The van der Waals surface area contributed by atoms with E-state index in [-0.39, 0.29) is 6.42 Å². The van der Waals surface area contributed by atoms with Gasteiger partial charge in [0, 0.05) is 6.42 Å². The molecule has 0 heterocycles. The van der Waals surface area contributed by atoms with E-state index in [4.69, 9.17) is 5.11 Å². The third-order valence-corrected chi connectivity index (χ3v) is 1.61. The van der Waals surface area contributed by atoms with Gasteiger partial charge in [-0.1, -0.05) is 23.8 Å². The van der Waals surface area contributed by atoms with E-state index in [0.29, 0.717) is 0 Å². The number of carbonyl (C=O) groups is 1. The van der Waals surface area contributed by atoms with E-state index in [1.54, 1.807) is 0 Å². The van der Waals surface area contributed by atoms with Crippen molar-refractivity contribution in [2.24, 2.45) is 0 Å². The van der Waals surface area contributed by atoms with Gasteiger partial charge in [0.1, 0.15) is 0 Å². The molecule has 0 atom stereocenters. The molecule has 0 rings (SSSR count). The number of carboxylic acid groups (broad SMARTS) is 1. The molecule has 0 aromatic heterocycles. The van der Waals surface area contributed by atoms with Gasteiger partial charge in [-0.3, -0.25) is 4.79 Å². The Morgan fingerprint density at radius 1 is 1.33 bits per heavy atom. The third-order valence-electron chi connectivity index (χ3n) is 1.61. The van der Waals surface area contributed by atoms with Crippen LogP contribution in [0.15, 0.2) is 23.8 Å². The van der Waals surface area contributed by atoms with Crippen molar-refractivity contribution in [2.75, 3.05) is 0 Å². The Morgan fingerprint density at radius 3 is 2.42 bits per heavy atom. The summed E-state index contributed by atoms with van der Waals surface area (Å²) in [5, 5.41) is 8.39. The molecule has 0 aliphatic heterocycles. The van der Waals surface area contributed by atoms with Crippen LogP contribution in [0.25, 0.3) is 0 Å². The first kappa shape index (κ1) is 11.0. The molecule has 12 heavy (non-hydrogen) atoms. The van der Waals surface area contributed by atoms with Gasteiger partial charge in [-0.05, 0) is 26.7 Å². The monoisotopic (exact) mass is 168 g/mol. The maximum Gasteiger partial charge on any atom is 0.303 e. The van der Waals surface area contributed by atoms with Crippen LogP contribution in [-0.2, 0) is 4.79 Å². The highest BCUT2D eigenvalue weighted by Crippen LogP contribution is 2.08. The smallest absolute Gasteiger partial charge is 0.303 e. The van der Waals surface area contributed by atoms with Gasteiger partial charge < -0.3 is 5.11 Å². The van der Waals surface area contributed by atoms with Crippen molar-refractivity contribution >= 4 is 5.97 Å². The minimum atomic E-state index is -0.717. The lowest BCUT2D eigenvalue weighted by Crippen LogP contribution is -1.93. The molecule has 0 amide bonds. The van der Waals surface area contributed by atoms with E-state index in [0.717, 1.165) is 12.8 Å². The molecule has 0 bridgehead atoms. The summed E-state index contributed by atoms with van der Waals surface area (Å²) >= 11 is 0. The summed E-state index contributed by atoms with van der Waals surface area (Å²) in [4.78, 5) is 10.2. The van der Waals surface area contributed by atoms with Gasteiger partial charge >= 0.3 is 5.97 Å². The standard InChI is InChI=1S/C10H16O2/c1-3-6-9(4-2)7-5-8-10(11)12/h3-4,6H,5,7-8H2,1-2H3,(H,11,12). The van der Waals surface area contributed by atoms with Crippen LogP contribution in [0.3, 0.4) is 0 Å². The highest BCUT2D eigenvalue weighted by molar-refractivity contribution is 5.66. The fourth-order valence-electron chi connectivity index (χ4n) is 0.982. The van der Waals surface area contributed by atoms with E-state index in [1.807, 2.05) is 32.1 Å². The van der Waals surface area contributed by atoms with Gasteiger partial charge in [0.25, 0.3) is 0 Å². The van der Waals surface area contributed by atoms with Gasteiger partial charge in [0.05, 0.1) is 0 Å². The second-order valence-corrected chi connectivity index (χ2v) is 2.61. The summed E-state index contributed by atoms with van der Waals surface area (Å²) in [6, 6.07) is 0. The average molecular weight is 168 g/mol. The van der Waals surface area contributed by atoms with Crippen LogP contribution < -0.4 is 0 Å². The van der Waals surface area contributed by atoms with Gasteiger partial charge in [-0.15, -0.1) is 0 Å². The van der Waals surface area contributed by atoms with E-state index in [2.05, 4.69) is 0 Å². The molecule has 0 spiro atoms. The average Bonchev–Trinajstić information content (AvgIpc) is 2.02. The van der Waals surface area contributed by atoms with Crippen molar-refractivity contribution in [2.45, 2.75) is 33.1 Å². The summed E-state index contributed by atoms with van der Waals surface area (Å²) in [6.45, 7) is 3.93. The second kappa shape index (κ2) is 6.65. The summed E-state index contributed by atoms with van der Waals surface area (Å²) in [7, 11) is 0. The molecule has 0 aliphatic carbocycles. The Balaban J connectivity index is 3.67. The zero-order chi connectivity index (χ0) is 9.40. The molecule has 68 valence electrons. The van der Waals surface area contributed by atoms with Crippen molar-refractivity contribution in [1.82, 2.24) is 0 Å². The predicted molar refractivity (Wildman–Crippen MR) is 50.1 cm³/mol. The number of hydrogen-bond acceptors (Lipinski definition) is 1. The molecule has 2 heteroatoms. The molecule has 0 saturated heterocycles. The minimum Gasteiger partial charge on any atom is -0.481 e. The number of hydrogen-bond donors (Lipinski definition) is 1. The van der Waals surface area contributed by atoms with E-state index >= 15 is 0 Å². The van der Waals surface area contributed by atoms with Crippen LogP contribution in [-0.4, -0.2) is 11.1 Å². The van der Waals surface area contributed by atoms with Gasteiger partial charge in [-0.25, -0.2) is 0 Å². The lowest BCUT2D eigenvalue weighted by atomic mass is 10.1. The highest BCUT2D eigenvalue weighted by atomic mass is 16.4. The zero-order valence-corrected chi connectivity index (χ0v) is 7.71. The van der Waals surface area contributed by atoms with Gasteiger partial charge in [0.2, 0.25) is 0 Å². The largest absolute Gasteiger partial charge is 0.481 e. The van der Waals surface area contributed by atoms with E-state index in [9.17, 15) is 4.79 Å². The Morgan fingerprint density at radius 2 is 2.00 bits per heavy atom. The topological polar surface area (TPSA) is 37.3 Å². The molecular weight excluding hydrogens is 152 g/mol. The molecule has 0 aromatic carbocycles. The summed E-state index contributed by atoms with van der Waals surface area (Å²) in [5.41, 5.74) is 1.21. The SMILES string of the molecule is CC=CC(=CC)CCCC(=O)O. The van der Waals surface area contributed by atoms with Crippen LogP contribution in [0.2, 0.25) is 0 Å². The lowest BCUT2D eigenvalue weighted by molar-refractivity contribution is -0.137. The number of aliphatic carboxylic acids is 1. The molecule has 0 unspecified atom stereocenters. The number of rotatable bonds is 5. The maximum atomic E-state index is 10.2. The number of allylic oxidation sites excluding steroid dienone is 4. The molecule has 0 fully saturated rings. The van der Waals surface area contributed by atoms with Crippen LogP contribution in [0.1, 0.15) is 33.1 Å². The summed E-state index contributed by atoms with van der Waals surface area (Å²) in [5.74, 6) is -0.717. The Kier molecular flexibility index (Phi) is 6.07. The van der Waals surface area contributed by atoms with Crippen LogP contribution in [0.4, 0.5) is 0 Å².